The van der Waals surface area contributed by atoms with Crippen LogP contribution in [0.15, 0.2) is 6.33 Å². The Labute approximate surface area is 124 Å². The average molecular weight is 280 g/mol. The highest BCUT2D eigenvalue weighted by atomic mass is 15.5. The van der Waals surface area contributed by atoms with Gasteiger partial charge in [-0.05, 0) is 30.2 Å². The van der Waals surface area contributed by atoms with Crippen LogP contribution in [0, 0.1) is 0 Å². The summed E-state index contributed by atoms with van der Waals surface area (Å²) in [5, 5.41) is 11.8. The van der Waals surface area contributed by atoms with E-state index in [2.05, 4.69) is 36.3 Å². The Balaban J connectivity index is 2.43. The smallest absolute Gasteiger partial charge is 0.138 e. The van der Waals surface area contributed by atoms with Crippen molar-refractivity contribution in [2.24, 2.45) is 0 Å². The van der Waals surface area contributed by atoms with Crippen LogP contribution in [0.2, 0.25) is 0 Å². The van der Waals surface area contributed by atoms with E-state index >= 15 is 0 Å². The molecule has 0 aromatic carbocycles. The summed E-state index contributed by atoms with van der Waals surface area (Å²) in [6, 6.07) is 0. The third kappa shape index (κ3) is 6.02. The Morgan fingerprint density at radius 3 is 1.90 bits per heavy atom. The van der Waals surface area contributed by atoms with Crippen molar-refractivity contribution in [3.63, 3.8) is 0 Å². The zero-order valence-corrected chi connectivity index (χ0v) is 13.6. The topological polar surface area (TPSA) is 43.6 Å². The zero-order chi connectivity index (χ0) is 14.7. The van der Waals surface area contributed by atoms with Crippen LogP contribution in [0.25, 0.3) is 0 Å². The van der Waals surface area contributed by atoms with Crippen molar-refractivity contribution in [2.75, 3.05) is 0 Å². The molecular formula is C16H32N4. The van der Waals surface area contributed by atoms with Crippen LogP contribution in [0.4, 0.5) is 0 Å². The van der Waals surface area contributed by atoms with Gasteiger partial charge in [0, 0.05) is 0 Å². The second-order valence-electron chi connectivity index (χ2n) is 6.23. The summed E-state index contributed by atoms with van der Waals surface area (Å²) in [6.07, 6.45) is 16.0. The summed E-state index contributed by atoms with van der Waals surface area (Å²) < 4.78 is 1.98. The standard InChI is InChI=1S/C16H32N4/c1-4-6-8-10-12-14-16(3,13-11-9-7-5-2)20-15-17-18-19-20/h15H,4-14H2,1-3H3. The normalized spacial score (nSPS) is 14.3. The van der Waals surface area contributed by atoms with E-state index in [-0.39, 0.29) is 5.54 Å². The van der Waals surface area contributed by atoms with Crippen molar-refractivity contribution in [2.45, 2.75) is 96.9 Å². The molecule has 0 spiro atoms. The van der Waals surface area contributed by atoms with Crippen molar-refractivity contribution in [1.82, 2.24) is 20.2 Å². The number of rotatable bonds is 12. The van der Waals surface area contributed by atoms with Crippen LogP contribution >= 0.6 is 0 Å². The lowest BCUT2D eigenvalue weighted by Gasteiger charge is -2.29. The molecule has 0 amide bonds. The molecule has 0 N–H and O–H groups in total. The predicted molar refractivity (Wildman–Crippen MR) is 83.6 cm³/mol. The van der Waals surface area contributed by atoms with Crippen LogP contribution in [-0.4, -0.2) is 20.2 Å². The molecule has 0 saturated carbocycles. The minimum atomic E-state index is 0.101. The molecule has 0 radical (unpaired) electrons. The first-order chi connectivity index (χ1) is 9.73. The summed E-state index contributed by atoms with van der Waals surface area (Å²) in [5.74, 6) is 0. The molecule has 1 heterocycles. The van der Waals surface area contributed by atoms with Crippen molar-refractivity contribution in [1.29, 1.82) is 0 Å². The molecule has 0 aliphatic carbocycles. The fourth-order valence-electron chi connectivity index (χ4n) is 2.80. The van der Waals surface area contributed by atoms with Gasteiger partial charge in [-0.3, -0.25) is 0 Å². The molecule has 0 fully saturated rings. The first-order valence-electron chi connectivity index (χ1n) is 8.46. The fourth-order valence-corrected chi connectivity index (χ4v) is 2.80. The Hall–Kier alpha value is -0.930. The molecule has 4 nitrogen and oxygen atoms in total. The maximum absolute atomic E-state index is 4.16. The largest absolute Gasteiger partial charge is 0.227 e. The molecule has 1 unspecified atom stereocenters. The van der Waals surface area contributed by atoms with Crippen LogP contribution < -0.4 is 0 Å². The monoisotopic (exact) mass is 280 g/mol. The number of aromatic nitrogens is 4. The van der Waals surface area contributed by atoms with E-state index < -0.39 is 0 Å². The van der Waals surface area contributed by atoms with Gasteiger partial charge >= 0.3 is 0 Å². The van der Waals surface area contributed by atoms with Gasteiger partial charge in [0.05, 0.1) is 5.54 Å². The maximum atomic E-state index is 4.16. The lowest BCUT2D eigenvalue weighted by molar-refractivity contribution is 0.222. The number of nitrogens with zero attached hydrogens (tertiary/aromatic N) is 4. The quantitative estimate of drug-likeness (QED) is 0.520. The van der Waals surface area contributed by atoms with Gasteiger partial charge in [-0.1, -0.05) is 71.6 Å². The first-order valence-corrected chi connectivity index (χ1v) is 8.46. The van der Waals surface area contributed by atoms with E-state index in [1.54, 1.807) is 6.33 Å². The number of unbranched alkanes of at least 4 members (excludes halogenated alkanes) is 7. The van der Waals surface area contributed by atoms with Gasteiger partial charge < -0.3 is 0 Å². The average Bonchev–Trinajstić information content (AvgIpc) is 2.98. The molecule has 1 rings (SSSR count). The molecule has 1 aromatic rings. The van der Waals surface area contributed by atoms with Gasteiger partial charge in [-0.15, -0.1) is 5.10 Å². The summed E-state index contributed by atoms with van der Waals surface area (Å²) in [4.78, 5) is 0. The highest BCUT2D eigenvalue weighted by molar-refractivity contribution is 4.80. The highest BCUT2D eigenvalue weighted by Crippen LogP contribution is 2.29. The minimum absolute atomic E-state index is 0.101. The van der Waals surface area contributed by atoms with Crippen molar-refractivity contribution in [3.8, 4) is 0 Å². The molecule has 1 aromatic heterocycles. The SMILES string of the molecule is CCCCCCCC(C)(CCCCCC)n1cnnn1. The molecule has 0 aliphatic heterocycles. The van der Waals surface area contributed by atoms with E-state index in [9.17, 15) is 0 Å². The molecule has 1 atom stereocenters. The third-order valence-corrected chi connectivity index (χ3v) is 4.29. The van der Waals surface area contributed by atoms with Gasteiger partial charge in [0.2, 0.25) is 0 Å². The first kappa shape index (κ1) is 17.1. The Bertz CT molecular complexity index is 323. The lowest BCUT2D eigenvalue weighted by atomic mass is 9.88. The Morgan fingerprint density at radius 2 is 1.40 bits per heavy atom. The van der Waals surface area contributed by atoms with Crippen molar-refractivity contribution >= 4 is 0 Å². The lowest BCUT2D eigenvalue weighted by Crippen LogP contribution is -2.31. The second-order valence-corrected chi connectivity index (χ2v) is 6.23. The summed E-state index contributed by atoms with van der Waals surface area (Å²) in [7, 11) is 0. The molecule has 116 valence electrons. The third-order valence-electron chi connectivity index (χ3n) is 4.29. The molecule has 20 heavy (non-hydrogen) atoms. The van der Waals surface area contributed by atoms with Crippen LogP contribution in [-0.2, 0) is 5.54 Å². The zero-order valence-electron chi connectivity index (χ0n) is 13.6. The van der Waals surface area contributed by atoms with Crippen molar-refractivity contribution < 1.29 is 0 Å². The van der Waals surface area contributed by atoms with E-state index in [0.29, 0.717) is 0 Å². The fraction of sp³-hybridized carbons (Fsp3) is 0.938. The van der Waals surface area contributed by atoms with Crippen LogP contribution in [0.3, 0.4) is 0 Å². The Morgan fingerprint density at radius 1 is 0.850 bits per heavy atom. The van der Waals surface area contributed by atoms with Gasteiger partial charge in [-0.25, -0.2) is 4.68 Å². The van der Waals surface area contributed by atoms with Gasteiger partial charge in [0.1, 0.15) is 6.33 Å². The van der Waals surface area contributed by atoms with E-state index in [1.807, 2.05) is 4.68 Å². The summed E-state index contributed by atoms with van der Waals surface area (Å²) in [6.45, 7) is 6.84. The van der Waals surface area contributed by atoms with Crippen LogP contribution in [0.1, 0.15) is 91.4 Å². The molecular weight excluding hydrogens is 248 g/mol. The number of tetrazole rings is 1. The molecule has 0 bridgehead atoms. The minimum Gasteiger partial charge on any atom is -0.227 e. The van der Waals surface area contributed by atoms with E-state index in [1.165, 1.54) is 70.6 Å². The predicted octanol–water partition coefficient (Wildman–Crippen LogP) is 4.72. The maximum Gasteiger partial charge on any atom is 0.138 e. The van der Waals surface area contributed by atoms with Crippen molar-refractivity contribution in [3.05, 3.63) is 6.33 Å². The number of hydrogen-bond acceptors (Lipinski definition) is 3. The second kappa shape index (κ2) is 9.89. The highest BCUT2D eigenvalue weighted by Gasteiger charge is 2.26. The van der Waals surface area contributed by atoms with Crippen LogP contribution in [0.5, 0.6) is 0 Å². The van der Waals surface area contributed by atoms with E-state index in [4.69, 9.17) is 0 Å². The number of hydrogen-bond donors (Lipinski definition) is 0. The molecule has 0 aliphatic rings. The van der Waals surface area contributed by atoms with E-state index in [0.717, 1.165) is 0 Å². The van der Waals surface area contributed by atoms with Gasteiger partial charge in [0.25, 0.3) is 0 Å². The summed E-state index contributed by atoms with van der Waals surface area (Å²) >= 11 is 0. The van der Waals surface area contributed by atoms with Gasteiger partial charge in [0.15, 0.2) is 0 Å². The van der Waals surface area contributed by atoms with Gasteiger partial charge in [-0.2, -0.15) is 0 Å². The molecule has 0 saturated heterocycles. The summed E-state index contributed by atoms with van der Waals surface area (Å²) in [5.41, 5.74) is 0.101. The molecule has 4 heteroatoms. The Kier molecular flexibility index (Phi) is 8.47.